The molecule has 3 nitrogen and oxygen atoms in total. The average Bonchev–Trinajstić information content (AvgIpc) is 2.65. The molecule has 0 saturated carbocycles. The van der Waals surface area contributed by atoms with Crippen LogP contribution in [0.2, 0.25) is 4.47 Å². The highest BCUT2D eigenvalue weighted by Crippen LogP contribution is 2.30. The molecule has 0 spiro atoms. The lowest BCUT2D eigenvalue weighted by atomic mass is 10.2. The van der Waals surface area contributed by atoms with Gasteiger partial charge in [0.2, 0.25) is 4.47 Å². The Bertz CT molecular complexity index is 489. The smallest absolute Gasteiger partial charge is 0.203 e. The molecule has 1 aromatic heterocycles. The lowest BCUT2D eigenvalue weighted by Gasteiger charge is -2.03. The highest BCUT2D eigenvalue weighted by atomic mass is 79.9. The number of aromatic nitrogens is 2. The zero-order valence-electron chi connectivity index (χ0n) is 7.70. The molecule has 0 aliphatic rings. The quantitative estimate of drug-likeness (QED) is 0.850. The molecule has 15 heavy (non-hydrogen) atoms. The van der Waals surface area contributed by atoms with Crippen molar-refractivity contribution >= 4 is 39.1 Å². The topological polar surface area (TPSA) is 35.0 Å². The van der Waals surface area contributed by atoms with Crippen molar-refractivity contribution in [3.63, 3.8) is 0 Å². The minimum atomic E-state index is 0.442. The van der Waals surface area contributed by atoms with Gasteiger partial charge in [0.15, 0.2) is 5.82 Å². The molecule has 0 unspecified atom stereocenters. The molecule has 0 fully saturated rings. The second-order valence-electron chi connectivity index (χ2n) is 2.72. The van der Waals surface area contributed by atoms with E-state index in [0.717, 1.165) is 15.8 Å². The van der Waals surface area contributed by atoms with E-state index in [0.29, 0.717) is 10.3 Å². The molecule has 0 aliphatic heterocycles. The van der Waals surface area contributed by atoms with Crippen LogP contribution in [0, 0.1) is 0 Å². The van der Waals surface area contributed by atoms with Crippen LogP contribution in [0.4, 0.5) is 0 Å². The molecule has 6 heteroatoms. The summed E-state index contributed by atoms with van der Waals surface area (Å²) in [5.41, 5.74) is 0.908. The Balaban J connectivity index is 2.42. The Labute approximate surface area is 104 Å². The number of hydrogen-bond donors (Lipinski definition) is 0. The predicted octanol–water partition coefficient (Wildman–Crippen LogP) is 3.63. The van der Waals surface area contributed by atoms with Crippen LogP contribution in [-0.4, -0.2) is 16.5 Å². The molecule has 0 amide bonds. The first kappa shape index (κ1) is 10.9. The van der Waals surface area contributed by atoms with Gasteiger partial charge in [-0.15, -0.1) is 0 Å². The average molecular weight is 306 g/mol. The molecule has 0 atom stereocenters. The maximum absolute atomic E-state index is 5.72. The Morgan fingerprint density at radius 1 is 1.47 bits per heavy atom. The highest BCUT2D eigenvalue weighted by molar-refractivity contribution is 9.10. The lowest BCUT2D eigenvalue weighted by Crippen LogP contribution is -1.86. The predicted molar refractivity (Wildman–Crippen MR) is 64.6 cm³/mol. The monoisotopic (exact) mass is 304 g/mol. The normalized spacial score (nSPS) is 10.3. The third-order valence-corrected chi connectivity index (χ3v) is 3.23. The van der Waals surface area contributed by atoms with Crippen LogP contribution >= 0.6 is 39.1 Å². The van der Waals surface area contributed by atoms with Crippen LogP contribution in [0.3, 0.4) is 0 Å². The van der Waals surface area contributed by atoms with Gasteiger partial charge in [0.1, 0.15) is 5.75 Å². The van der Waals surface area contributed by atoms with Gasteiger partial charge in [-0.25, -0.2) is 4.98 Å². The van der Waals surface area contributed by atoms with E-state index in [2.05, 4.69) is 25.3 Å². The van der Waals surface area contributed by atoms with Gasteiger partial charge in [-0.2, -0.15) is 4.37 Å². The summed E-state index contributed by atoms with van der Waals surface area (Å²) in [5.74, 6) is 1.41. The van der Waals surface area contributed by atoms with Crippen molar-refractivity contribution in [1.29, 1.82) is 0 Å². The SMILES string of the molecule is COc1ccc(-c2nsc(Cl)n2)cc1Br. The largest absolute Gasteiger partial charge is 0.496 e. The van der Waals surface area contributed by atoms with Crippen molar-refractivity contribution in [3.05, 3.63) is 27.1 Å². The molecular formula is C9H6BrClN2OS. The Kier molecular flexibility index (Phi) is 3.23. The fourth-order valence-electron chi connectivity index (χ4n) is 1.13. The zero-order chi connectivity index (χ0) is 10.8. The number of benzene rings is 1. The van der Waals surface area contributed by atoms with E-state index in [9.17, 15) is 0 Å². The van der Waals surface area contributed by atoms with Crippen LogP contribution in [0.25, 0.3) is 11.4 Å². The van der Waals surface area contributed by atoms with Crippen molar-refractivity contribution in [2.75, 3.05) is 7.11 Å². The molecule has 78 valence electrons. The van der Waals surface area contributed by atoms with Gasteiger partial charge in [-0.1, -0.05) is 0 Å². The molecule has 2 rings (SSSR count). The minimum Gasteiger partial charge on any atom is -0.496 e. The Morgan fingerprint density at radius 2 is 2.27 bits per heavy atom. The van der Waals surface area contributed by atoms with Crippen LogP contribution in [0.1, 0.15) is 0 Å². The van der Waals surface area contributed by atoms with Crippen LogP contribution in [0.15, 0.2) is 22.7 Å². The van der Waals surface area contributed by atoms with E-state index < -0.39 is 0 Å². The number of nitrogens with zero attached hydrogens (tertiary/aromatic N) is 2. The fraction of sp³-hybridized carbons (Fsp3) is 0.111. The number of ether oxygens (including phenoxy) is 1. The van der Waals surface area contributed by atoms with Gasteiger partial charge in [0.25, 0.3) is 0 Å². The zero-order valence-corrected chi connectivity index (χ0v) is 10.9. The molecular weight excluding hydrogens is 300 g/mol. The Hall–Kier alpha value is -0.650. The summed E-state index contributed by atoms with van der Waals surface area (Å²) in [6.07, 6.45) is 0. The third-order valence-electron chi connectivity index (χ3n) is 1.81. The first-order valence-corrected chi connectivity index (χ1v) is 5.98. The third kappa shape index (κ3) is 2.30. The van der Waals surface area contributed by atoms with E-state index in [1.807, 2.05) is 18.2 Å². The summed E-state index contributed by atoms with van der Waals surface area (Å²) in [5, 5.41) is 0. The second kappa shape index (κ2) is 4.47. The standard InChI is InChI=1S/C9H6BrClN2OS/c1-14-7-3-2-5(4-6(7)10)8-12-9(11)15-13-8/h2-4H,1H3. The van der Waals surface area contributed by atoms with Gasteiger partial charge >= 0.3 is 0 Å². The highest BCUT2D eigenvalue weighted by Gasteiger charge is 2.07. The maximum atomic E-state index is 5.72. The molecule has 0 bridgehead atoms. The van der Waals surface area contributed by atoms with Crippen molar-refractivity contribution in [1.82, 2.24) is 9.36 Å². The van der Waals surface area contributed by atoms with E-state index >= 15 is 0 Å². The summed E-state index contributed by atoms with van der Waals surface area (Å²) in [7, 11) is 1.62. The van der Waals surface area contributed by atoms with Crippen LogP contribution in [-0.2, 0) is 0 Å². The van der Waals surface area contributed by atoms with Gasteiger partial charge in [-0.3, -0.25) is 0 Å². The molecule has 0 aliphatic carbocycles. The molecule has 0 radical (unpaired) electrons. The van der Waals surface area contributed by atoms with Gasteiger partial charge in [0, 0.05) is 5.56 Å². The fourth-order valence-corrected chi connectivity index (χ4v) is 2.29. The number of rotatable bonds is 2. The van der Waals surface area contributed by atoms with E-state index in [4.69, 9.17) is 16.3 Å². The van der Waals surface area contributed by atoms with Gasteiger partial charge < -0.3 is 4.74 Å². The van der Waals surface area contributed by atoms with Crippen molar-refractivity contribution in [3.8, 4) is 17.1 Å². The molecule has 0 saturated heterocycles. The summed E-state index contributed by atoms with van der Waals surface area (Å²) in [6, 6.07) is 5.65. The summed E-state index contributed by atoms with van der Waals surface area (Å²) < 4.78 is 10.6. The number of halogens is 2. The number of methoxy groups -OCH3 is 1. The maximum Gasteiger partial charge on any atom is 0.203 e. The van der Waals surface area contributed by atoms with Gasteiger partial charge in [-0.05, 0) is 57.3 Å². The van der Waals surface area contributed by atoms with Crippen LogP contribution in [0.5, 0.6) is 5.75 Å². The van der Waals surface area contributed by atoms with Crippen molar-refractivity contribution in [2.45, 2.75) is 0 Å². The minimum absolute atomic E-state index is 0.442. The second-order valence-corrected chi connectivity index (χ2v) is 4.91. The first-order chi connectivity index (χ1) is 7.20. The van der Waals surface area contributed by atoms with E-state index in [-0.39, 0.29) is 0 Å². The van der Waals surface area contributed by atoms with E-state index in [1.165, 1.54) is 11.5 Å². The summed E-state index contributed by atoms with van der Waals surface area (Å²) in [4.78, 5) is 4.09. The molecule has 0 N–H and O–H groups in total. The summed E-state index contributed by atoms with van der Waals surface area (Å²) >= 11 is 10.3. The first-order valence-electron chi connectivity index (χ1n) is 4.04. The number of hydrogen-bond acceptors (Lipinski definition) is 4. The summed E-state index contributed by atoms with van der Waals surface area (Å²) in [6.45, 7) is 0. The van der Waals surface area contributed by atoms with Crippen LogP contribution < -0.4 is 4.74 Å². The lowest BCUT2D eigenvalue weighted by molar-refractivity contribution is 0.412. The molecule has 1 heterocycles. The molecule has 1 aromatic carbocycles. The molecule has 2 aromatic rings. The Morgan fingerprint density at radius 3 is 2.80 bits per heavy atom. The van der Waals surface area contributed by atoms with E-state index in [1.54, 1.807) is 7.11 Å². The van der Waals surface area contributed by atoms with Gasteiger partial charge in [0.05, 0.1) is 11.6 Å². The van der Waals surface area contributed by atoms with Crippen molar-refractivity contribution in [2.24, 2.45) is 0 Å². The van der Waals surface area contributed by atoms with Crippen molar-refractivity contribution < 1.29 is 4.74 Å².